The fourth-order valence-corrected chi connectivity index (χ4v) is 2.66. The highest BCUT2D eigenvalue weighted by Gasteiger charge is 2.27. The number of rotatable bonds is 2. The van der Waals surface area contributed by atoms with Gasteiger partial charge in [-0.15, -0.1) is 6.42 Å². The number of benzene rings is 1. The summed E-state index contributed by atoms with van der Waals surface area (Å²) in [6, 6.07) is 6.63. The van der Waals surface area contributed by atoms with Crippen molar-refractivity contribution in [1.29, 1.82) is 0 Å². The first-order valence-electron chi connectivity index (χ1n) is 8.23. The van der Waals surface area contributed by atoms with Crippen molar-refractivity contribution in [2.24, 2.45) is 5.41 Å². The van der Waals surface area contributed by atoms with E-state index in [1.54, 1.807) is 52.0 Å². The molecule has 0 aliphatic rings. The van der Waals surface area contributed by atoms with E-state index in [-0.39, 0.29) is 22.6 Å². The topological polar surface area (TPSA) is 77.0 Å². The molecule has 0 bridgehead atoms. The zero-order valence-electron chi connectivity index (χ0n) is 15.4. The highest BCUT2D eigenvalue weighted by atomic mass is 35.5. The lowest BCUT2D eigenvalue weighted by Gasteiger charge is -2.16. The number of hydrogen-bond acceptors (Lipinski definition) is 4. The molecule has 1 aromatic carbocycles. The van der Waals surface area contributed by atoms with Crippen molar-refractivity contribution in [3.63, 3.8) is 0 Å². The second-order valence-electron chi connectivity index (χ2n) is 7.14. The van der Waals surface area contributed by atoms with E-state index in [1.807, 2.05) is 0 Å². The van der Waals surface area contributed by atoms with Gasteiger partial charge in [0.1, 0.15) is 11.0 Å². The molecule has 0 radical (unpaired) electrons. The van der Waals surface area contributed by atoms with Crippen molar-refractivity contribution in [2.45, 2.75) is 27.7 Å². The first kappa shape index (κ1) is 18.7. The van der Waals surface area contributed by atoms with E-state index >= 15 is 0 Å². The van der Waals surface area contributed by atoms with Crippen LogP contribution in [0.2, 0.25) is 5.02 Å². The Kier molecular flexibility index (Phi) is 4.58. The standard InChI is InChI=1S/C20H18ClN3O3/c1-6-14-23-17-15(16(11(2)22-17)27-19(26)20(3,4)5)18(25)24(14)13-9-7-12(21)8-10-13/h1,7-10,22H,2-5H3. The third-order valence-electron chi connectivity index (χ3n) is 3.98. The zero-order chi connectivity index (χ0) is 19.9. The van der Waals surface area contributed by atoms with Crippen LogP contribution in [0.3, 0.4) is 0 Å². The third-order valence-corrected chi connectivity index (χ3v) is 4.23. The van der Waals surface area contributed by atoms with Crippen LogP contribution in [-0.2, 0) is 4.79 Å². The Hall–Kier alpha value is -3.04. The van der Waals surface area contributed by atoms with Gasteiger partial charge >= 0.3 is 5.97 Å². The number of H-pyrrole nitrogens is 1. The molecule has 0 saturated carbocycles. The molecule has 6 nitrogen and oxygen atoms in total. The van der Waals surface area contributed by atoms with Crippen LogP contribution in [-0.4, -0.2) is 20.5 Å². The minimum absolute atomic E-state index is 0.129. The van der Waals surface area contributed by atoms with Gasteiger partial charge in [0.2, 0.25) is 0 Å². The first-order chi connectivity index (χ1) is 12.6. The lowest BCUT2D eigenvalue weighted by molar-refractivity contribution is -0.142. The zero-order valence-corrected chi connectivity index (χ0v) is 16.1. The number of terminal acetylenes is 1. The Morgan fingerprint density at radius 1 is 1.30 bits per heavy atom. The van der Waals surface area contributed by atoms with Crippen LogP contribution in [0.4, 0.5) is 0 Å². The summed E-state index contributed by atoms with van der Waals surface area (Å²) in [4.78, 5) is 32.9. The molecular weight excluding hydrogens is 366 g/mol. The molecule has 7 heteroatoms. The number of esters is 1. The van der Waals surface area contributed by atoms with Crippen LogP contribution in [0.1, 0.15) is 32.3 Å². The van der Waals surface area contributed by atoms with Gasteiger partial charge in [0.15, 0.2) is 11.6 Å². The second kappa shape index (κ2) is 6.60. The molecule has 0 spiro atoms. The molecule has 2 aromatic heterocycles. The summed E-state index contributed by atoms with van der Waals surface area (Å²) in [6.07, 6.45) is 5.56. The summed E-state index contributed by atoms with van der Waals surface area (Å²) >= 11 is 5.93. The maximum atomic E-state index is 13.2. The molecule has 0 aliphatic heterocycles. The fraction of sp³-hybridized carbons (Fsp3) is 0.250. The molecule has 2 heterocycles. The number of fused-ring (bicyclic) bond motifs is 1. The Morgan fingerprint density at radius 2 is 1.93 bits per heavy atom. The van der Waals surface area contributed by atoms with E-state index in [9.17, 15) is 9.59 Å². The Balaban J connectivity index is 2.29. The van der Waals surface area contributed by atoms with E-state index in [0.29, 0.717) is 16.4 Å². The summed E-state index contributed by atoms with van der Waals surface area (Å²) < 4.78 is 6.82. The number of hydrogen-bond donors (Lipinski definition) is 1. The summed E-state index contributed by atoms with van der Waals surface area (Å²) in [5.74, 6) is 2.26. The van der Waals surface area contributed by atoms with Gasteiger partial charge in [-0.25, -0.2) is 4.98 Å². The largest absolute Gasteiger partial charge is 0.423 e. The Morgan fingerprint density at radius 3 is 2.48 bits per heavy atom. The molecule has 0 saturated heterocycles. The average molecular weight is 384 g/mol. The van der Waals surface area contributed by atoms with Crippen molar-refractivity contribution < 1.29 is 9.53 Å². The Labute approximate surface area is 161 Å². The molecule has 3 aromatic rings. The average Bonchev–Trinajstić information content (AvgIpc) is 2.90. The summed E-state index contributed by atoms with van der Waals surface area (Å²) in [5, 5.41) is 0.694. The number of halogens is 1. The number of ether oxygens (including phenoxy) is 1. The van der Waals surface area contributed by atoms with Gasteiger partial charge < -0.3 is 9.72 Å². The highest BCUT2D eigenvalue weighted by molar-refractivity contribution is 6.30. The minimum Gasteiger partial charge on any atom is -0.423 e. The van der Waals surface area contributed by atoms with Gasteiger partial charge in [-0.05, 0) is 57.9 Å². The van der Waals surface area contributed by atoms with Gasteiger partial charge in [-0.3, -0.25) is 14.2 Å². The number of aromatic nitrogens is 3. The van der Waals surface area contributed by atoms with Crippen molar-refractivity contribution in [1.82, 2.24) is 14.5 Å². The molecule has 0 aliphatic carbocycles. The Bertz CT molecular complexity index is 1140. The molecule has 1 N–H and O–H groups in total. The number of nitrogens with zero attached hydrogens (tertiary/aromatic N) is 2. The lowest BCUT2D eigenvalue weighted by atomic mass is 9.97. The number of aryl methyl sites for hydroxylation is 1. The van der Waals surface area contributed by atoms with Crippen LogP contribution < -0.4 is 10.3 Å². The highest BCUT2D eigenvalue weighted by Crippen LogP contribution is 2.29. The molecule has 138 valence electrons. The summed E-state index contributed by atoms with van der Waals surface area (Å²) in [7, 11) is 0. The number of carbonyl (C=O) groups excluding carboxylic acids is 1. The maximum Gasteiger partial charge on any atom is 0.316 e. The van der Waals surface area contributed by atoms with E-state index < -0.39 is 16.9 Å². The monoisotopic (exact) mass is 383 g/mol. The summed E-state index contributed by atoms with van der Waals surface area (Å²) in [6.45, 7) is 6.91. The molecule has 3 rings (SSSR count). The number of nitrogens with one attached hydrogen (secondary N) is 1. The van der Waals surface area contributed by atoms with Crippen LogP contribution >= 0.6 is 11.6 Å². The van der Waals surface area contributed by atoms with Gasteiger partial charge in [0, 0.05) is 5.02 Å². The number of carbonyl (C=O) groups is 1. The van der Waals surface area contributed by atoms with Gasteiger partial charge in [-0.2, -0.15) is 0 Å². The van der Waals surface area contributed by atoms with Gasteiger partial charge in [0.25, 0.3) is 5.56 Å². The van der Waals surface area contributed by atoms with Crippen LogP contribution in [0.5, 0.6) is 5.75 Å². The fourth-order valence-electron chi connectivity index (χ4n) is 2.54. The van der Waals surface area contributed by atoms with Crippen LogP contribution in [0.15, 0.2) is 29.1 Å². The molecule has 0 atom stereocenters. The molecule has 0 unspecified atom stereocenters. The molecule has 27 heavy (non-hydrogen) atoms. The SMILES string of the molecule is C#Cc1nc2[nH]c(C)c(OC(=O)C(C)(C)C)c2c(=O)n1-c1ccc(Cl)cc1. The van der Waals surface area contributed by atoms with Crippen molar-refractivity contribution in [3.8, 4) is 23.8 Å². The van der Waals surface area contributed by atoms with Gasteiger partial charge in [-0.1, -0.05) is 11.6 Å². The third kappa shape index (κ3) is 3.34. The van der Waals surface area contributed by atoms with Crippen LogP contribution in [0.25, 0.3) is 16.7 Å². The van der Waals surface area contributed by atoms with Crippen molar-refractivity contribution in [2.75, 3.05) is 0 Å². The number of aromatic amines is 1. The molecule has 0 amide bonds. The van der Waals surface area contributed by atoms with E-state index in [0.717, 1.165) is 0 Å². The van der Waals surface area contributed by atoms with Crippen LogP contribution in [0, 0.1) is 24.7 Å². The van der Waals surface area contributed by atoms with E-state index in [1.165, 1.54) is 4.57 Å². The van der Waals surface area contributed by atoms with Gasteiger partial charge in [0.05, 0.1) is 16.8 Å². The predicted molar refractivity (Wildman–Crippen MR) is 104 cm³/mol. The van der Waals surface area contributed by atoms with Crippen molar-refractivity contribution >= 4 is 28.6 Å². The van der Waals surface area contributed by atoms with Crippen molar-refractivity contribution in [3.05, 3.63) is 51.2 Å². The van der Waals surface area contributed by atoms with E-state index in [2.05, 4.69) is 15.9 Å². The summed E-state index contributed by atoms with van der Waals surface area (Å²) in [5.41, 5.74) is 0.142. The first-order valence-corrected chi connectivity index (χ1v) is 8.61. The quantitative estimate of drug-likeness (QED) is 0.541. The molecule has 0 fully saturated rings. The smallest absolute Gasteiger partial charge is 0.316 e. The normalized spacial score (nSPS) is 11.4. The lowest BCUT2D eigenvalue weighted by Crippen LogP contribution is -2.27. The predicted octanol–water partition coefficient (Wildman–Crippen LogP) is 3.61. The molecular formula is C20H18ClN3O3. The minimum atomic E-state index is -0.725. The second-order valence-corrected chi connectivity index (χ2v) is 7.58. The van der Waals surface area contributed by atoms with E-state index in [4.69, 9.17) is 22.8 Å². The maximum absolute atomic E-state index is 13.2.